The average Bonchev–Trinajstić information content (AvgIpc) is 2.99. The van der Waals surface area contributed by atoms with E-state index in [0.717, 1.165) is 0 Å². The second kappa shape index (κ2) is 5.84. The zero-order valence-electron chi connectivity index (χ0n) is 11.3. The van der Waals surface area contributed by atoms with Crippen molar-refractivity contribution in [1.29, 1.82) is 5.26 Å². The number of aromatic nitrogens is 1. The lowest BCUT2D eigenvalue weighted by Gasteiger charge is -2.02. The first-order valence-corrected chi connectivity index (χ1v) is 6.84. The van der Waals surface area contributed by atoms with E-state index < -0.39 is 0 Å². The Morgan fingerprint density at radius 1 is 1.09 bits per heavy atom. The number of hydrogen-bond donors (Lipinski definition) is 0. The number of hydrogen-bond acceptors (Lipinski definition) is 4. The summed E-state index contributed by atoms with van der Waals surface area (Å²) in [7, 11) is 0. The largest absolute Gasteiger partial charge is 0.351 e. The lowest BCUT2D eigenvalue weighted by Crippen LogP contribution is -2.01. The number of nitrogens with zero attached hydrogens (tertiary/aromatic N) is 2. The molecule has 22 heavy (non-hydrogen) atoms. The van der Waals surface area contributed by atoms with Crippen LogP contribution in [0.3, 0.4) is 0 Å². The minimum atomic E-state index is -0.343. The van der Waals surface area contributed by atoms with E-state index >= 15 is 0 Å². The molecule has 0 aliphatic heterocycles. The third-order valence-corrected chi connectivity index (χ3v) is 3.43. The van der Waals surface area contributed by atoms with Crippen LogP contribution >= 0.6 is 11.6 Å². The summed E-state index contributed by atoms with van der Waals surface area (Å²) in [6.07, 6.45) is 0. The van der Waals surface area contributed by atoms with Crippen molar-refractivity contribution in [3.05, 3.63) is 76.6 Å². The summed E-state index contributed by atoms with van der Waals surface area (Å²) < 4.78 is 5.13. The second-order valence-corrected chi connectivity index (χ2v) is 4.99. The lowest BCUT2D eigenvalue weighted by molar-refractivity contribution is 0.100. The molecule has 0 aliphatic rings. The molecule has 0 N–H and O–H groups in total. The average molecular weight is 309 g/mol. The fourth-order valence-electron chi connectivity index (χ4n) is 2.13. The van der Waals surface area contributed by atoms with Gasteiger partial charge >= 0.3 is 0 Å². The molecule has 0 bridgehead atoms. The summed E-state index contributed by atoms with van der Waals surface area (Å²) in [5.41, 5.74) is 1.62. The van der Waals surface area contributed by atoms with Crippen molar-refractivity contribution in [3.63, 3.8) is 0 Å². The maximum Gasteiger partial charge on any atom is 0.231 e. The molecule has 0 aliphatic carbocycles. The summed E-state index contributed by atoms with van der Waals surface area (Å²) in [5.74, 6) is -0.297. The van der Waals surface area contributed by atoms with Gasteiger partial charge in [0.05, 0.1) is 5.56 Å². The fourth-order valence-corrected chi connectivity index (χ4v) is 2.25. The predicted octanol–water partition coefficient (Wildman–Crippen LogP) is 4.10. The number of carbonyl (C=O) groups is 1. The number of ketones is 1. The standard InChI is InChI=1S/C17H9ClN2O2/c18-13-8-6-12(7-9-13)16(21)17-15(14(10-19)20-22-17)11-4-2-1-3-5-11/h1-9H. The molecule has 0 spiro atoms. The van der Waals surface area contributed by atoms with E-state index in [9.17, 15) is 10.1 Å². The quantitative estimate of drug-likeness (QED) is 0.683. The van der Waals surface area contributed by atoms with Crippen LogP contribution < -0.4 is 0 Å². The van der Waals surface area contributed by atoms with E-state index in [-0.39, 0.29) is 17.2 Å². The van der Waals surface area contributed by atoms with E-state index in [1.165, 1.54) is 0 Å². The van der Waals surface area contributed by atoms with Crippen molar-refractivity contribution in [3.8, 4) is 17.2 Å². The van der Waals surface area contributed by atoms with Crippen LogP contribution in [0.2, 0.25) is 5.02 Å². The first-order valence-electron chi connectivity index (χ1n) is 6.46. The van der Waals surface area contributed by atoms with E-state index in [1.54, 1.807) is 36.4 Å². The van der Waals surface area contributed by atoms with Gasteiger partial charge < -0.3 is 4.52 Å². The summed E-state index contributed by atoms with van der Waals surface area (Å²) >= 11 is 5.83. The summed E-state index contributed by atoms with van der Waals surface area (Å²) in [6.45, 7) is 0. The molecular weight excluding hydrogens is 300 g/mol. The smallest absolute Gasteiger partial charge is 0.231 e. The minimum Gasteiger partial charge on any atom is -0.351 e. The number of carbonyl (C=O) groups excluding carboxylic acids is 1. The Hall–Kier alpha value is -2.90. The fraction of sp³-hybridized carbons (Fsp3) is 0. The molecule has 1 heterocycles. The topological polar surface area (TPSA) is 66.9 Å². The molecule has 0 saturated heterocycles. The molecule has 3 aromatic rings. The van der Waals surface area contributed by atoms with Crippen LogP contribution in [0.1, 0.15) is 21.8 Å². The van der Waals surface area contributed by atoms with Crippen molar-refractivity contribution in [2.45, 2.75) is 0 Å². The summed E-state index contributed by atoms with van der Waals surface area (Å²) in [5, 5.41) is 13.4. The van der Waals surface area contributed by atoms with Gasteiger partial charge in [-0.3, -0.25) is 4.79 Å². The highest BCUT2D eigenvalue weighted by atomic mass is 35.5. The van der Waals surface area contributed by atoms with Gasteiger partial charge in [0.25, 0.3) is 0 Å². The first kappa shape index (κ1) is 14.1. The van der Waals surface area contributed by atoms with Gasteiger partial charge in [-0.15, -0.1) is 0 Å². The van der Waals surface area contributed by atoms with Gasteiger partial charge in [-0.1, -0.05) is 47.1 Å². The van der Waals surface area contributed by atoms with E-state index in [1.807, 2.05) is 24.3 Å². The maximum atomic E-state index is 12.6. The molecule has 106 valence electrons. The Bertz CT molecular complexity index is 862. The highest BCUT2D eigenvalue weighted by Gasteiger charge is 2.24. The Kier molecular flexibility index (Phi) is 3.73. The maximum absolute atomic E-state index is 12.6. The van der Waals surface area contributed by atoms with Gasteiger partial charge in [-0.2, -0.15) is 5.26 Å². The summed E-state index contributed by atoms with van der Waals surface area (Å²) in [6, 6.07) is 17.5. The molecule has 0 atom stereocenters. The molecule has 4 nitrogen and oxygen atoms in total. The first-order chi connectivity index (χ1) is 10.7. The summed E-state index contributed by atoms with van der Waals surface area (Å²) in [4.78, 5) is 12.6. The van der Waals surface area contributed by atoms with E-state index in [0.29, 0.717) is 21.7 Å². The molecule has 5 heteroatoms. The second-order valence-electron chi connectivity index (χ2n) is 4.55. The molecule has 3 rings (SSSR count). The molecule has 2 aromatic carbocycles. The van der Waals surface area contributed by atoms with Gasteiger partial charge in [-0.25, -0.2) is 0 Å². The van der Waals surface area contributed by atoms with Gasteiger partial charge in [0.2, 0.25) is 11.5 Å². The van der Waals surface area contributed by atoms with Crippen LogP contribution in [0.4, 0.5) is 0 Å². The van der Waals surface area contributed by atoms with Crippen LogP contribution in [-0.2, 0) is 0 Å². The Morgan fingerprint density at radius 3 is 2.41 bits per heavy atom. The predicted molar refractivity (Wildman–Crippen MR) is 81.5 cm³/mol. The zero-order chi connectivity index (χ0) is 15.5. The molecule has 0 radical (unpaired) electrons. The van der Waals surface area contributed by atoms with Crippen molar-refractivity contribution in [2.24, 2.45) is 0 Å². The van der Waals surface area contributed by atoms with Crippen LogP contribution in [0, 0.1) is 11.3 Å². The minimum absolute atomic E-state index is 0.0464. The van der Waals surface area contributed by atoms with E-state index in [4.69, 9.17) is 16.1 Å². The number of rotatable bonds is 3. The van der Waals surface area contributed by atoms with Gasteiger partial charge in [0.1, 0.15) is 6.07 Å². The van der Waals surface area contributed by atoms with Crippen LogP contribution in [-0.4, -0.2) is 10.9 Å². The molecule has 0 amide bonds. The molecule has 0 fully saturated rings. The molecule has 0 unspecified atom stereocenters. The number of benzene rings is 2. The Morgan fingerprint density at radius 2 is 1.77 bits per heavy atom. The number of halogens is 1. The van der Waals surface area contributed by atoms with Gasteiger partial charge in [0.15, 0.2) is 5.69 Å². The Labute approximate surface area is 131 Å². The van der Waals surface area contributed by atoms with Crippen molar-refractivity contribution < 1.29 is 9.32 Å². The Balaban J connectivity index is 2.12. The third-order valence-electron chi connectivity index (χ3n) is 3.17. The van der Waals surface area contributed by atoms with Gasteiger partial charge in [-0.05, 0) is 29.8 Å². The molecule has 1 aromatic heterocycles. The normalized spacial score (nSPS) is 10.2. The van der Waals surface area contributed by atoms with Crippen LogP contribution in [0.15, 0.2) is 59.1 Å². The van der Waals surface area contributed by atoms with Crippen molar-refractivity contribution in [1.82, 2.24) is 5.16 Å². The third kappa shape index (κ3) is 2.50. The van der Waals surface area contributed by atoms with Gasteiger partial charge in [0, 0.05) is 10.6 Å². The lowest BCUT2D eigenvalue weighted by atomic mass is 9.99. The highest BCUT2D eigenvalue weighted by molar-refractivity contribution is 6.30. The molecular formula is C17H9ClN2O2. The SMILES string of the molecule is N#Cc1noc(C(=O)c2ccc(Cl)cc2)c1-c1ccccc1. The van der Waals surface area contributed by atoms with Crippen molar-refractivity contribution in [2.75, 3.05) is 0 Å². The monoisotopic (exact) mass is 308 g/mol. The van der Waals surface area contributed by atoms with Crippen molar-refractivity contribution >= 4 is 17.4 Å². The molecule has 0 saturated carbocycles. The van der Waals surface area contributed by atoms with Crippen LogP contribution in [0.5, 0.6) is 0 Å². The van der Waals surface area contributed by atoms with E-state index in [2.05, 4.69) is 5.16 Å². The zero-order valence-corrected chi connectivity index (χ0v) is 12.0. The number of nitriles is 1. The highest BCUT2D eigenvalue weighted by Crippen LogP contribution is 2.29. The van der Waals surface area contributed by atoms with Crippen LogP contribution in [0.25, 0.3) is 11.1 Å².